The number of thiocarbonyl (C=S) groups is 2. The number of rotatable bonds is 9. The highest BCUT2D eigenvalue weighted by Crippen LogP contribution is 2.03. The van der Waals surface area contributed by atoms with Crippen molar-refractivity contribution in [3.8, 4) is 0 Å². The van der Waals surface area contributed by atoms with Crippen molar-refractivity contribution in [2.45, 2.75) is 52.4 Å². The molecule has 0 heterocycles. The monoisotopic (exact) mass is 245 g/mol. The van der Waals surface area contributed by atoms with Crippen molar-refractivity contribution in [1.82, 2.24) is 4.90 Å². The summed E-state index contributed by atoms with van der Waals surface area (Å²) in [5, 5.41) is 1.63. The Balaban J connectivity index is 3.84. The normalized spacial score (nSPS) is 10.0. The van der Waals surface area contributed by atoms with Gasteiger partial charge in [0.1, 0.15) is 4.99 Å². The van der Waals surface area contributed by atoms with Crippen LogP contribution in [-0.2, 0) is 0 Å². The van der Waals surface area contributed by atoms with Crippen LogP contribution in [0.3, 0.4) is 0 Å². The lowest BCUT2D eigenvalue weighted by Gasteiger charge is -2.23. The topological polar surface area (TPSA) is 3.24 Å². The molecule has 0 radical (unpaired) electrons. The van der Waals surface area contributed by atoms with Crippen LogP contribution in [0.1, 0.15) is 52.4 Å². The Morgan fingerprint density at radius 1 is 1.00 bits per heavy atom. The molecule has 0 fully saturated rings. The van der Waals surface area contributed by atoms with Crippen LogP contribution in [0.4, 0.5) is 0 Å². The summed E-state index contributed by atoms with van der Waals surface area (Å²) in [6.07, 6.45) is 7.53. The standard InChI is InChI=1S/C12H23NS2/c1-3-5-7-9-13(12(15)11-14)10-8-6-4-2/h11H,3-10H2,1-2H3. The molecule has 15 heavy (non-hydrogen) atoms. The van der Waals surface area contributed by atoms with Gasteiger partial charge in [-0.25, -0.2) is 0 Å². The van der Waals surface area contributed by atoms with E-state index in [1.54, 1.807) is 5.37 Å². The number of unbranched alkanes of at least 4 members (excludes halogenated alkanes) is 4. The van der Waals surface area contributed by atoms with Gasteiger partial charge in [0.2, 0.25) is 0 Å². The van der Waals surface area contributed by atoms with E-state index >= 15 is 0 Å². The molecule has 0 unspecified atom stereocenters. The summed E-state index contributed by atoms with van der Waals surface area (Å²) < 4.78 is 0. The fourth-order valence-corrected chi connectivity index (χ4v) is 1.84. The fraction of sp³-hybridized carbons (Fsp3) is 0.833. The van der Waals surface area contributed by atoms with Crippen molar-refractivity contribution < 1.29 is 0 Å². The van der Waals surface area contributed by atoms with Crippen molar-refractivity contribution >= 4 is 34.8 Å². The van der Waals surface area contributed by atoms with Gasteiger partial charge in [0.05, 0.1) is 0 Å². The molecule has 0 atom stereocenters. The Kier molecular flexibility index (Phi) is 10.5. The zero-order chi connectivity index (χ0) is 11.5. The molecule has 0 aromatic rings. The molecule has 88 valence electrons. The maximum Gasteiger partial charge on any atom is 0.112 e. The van der Waals surface area contributed by atoms with E-state index in [1.807, 2.05) is 0 Å². The Morgan fingerprint density at radius 3 is 1.80 bits per heavy atom. The molecule has 0 amide bonds. The predicted molar refractivity (Wildman–Crippen MR) is 76.9 cm³/mol. The van der Waals surface area contributed by atoms with Crippen molar-refractivity contribution in [2.75, 3.05) is 13.1 Å². The largest absolute Gasteiger partial charge is 0.362 e. The second-order valence-corrected chi connectivity index (χ2v) is 4.51. The summed E-state index contributed by atoms with van der Waals surface area (Å²) in [5.41, 5.74) is 0. The number of hydrogen-bond acceptors (Lipinski definition) is 2. The first kappa shape index (κ1) is 15.0. The second-order valence-electron chi connectivity index (χ2n) is 3.86. The van der Waals surface area contributed by atoms with Gasteiger partial charge in [-0.05, 0) is 12.8 Å². The molecule has 0 aromatic carbocycles. The van der Waals surface area contributed by atoms with Gasteiger partial charge in [0.25, 0.3) is 0 Å². The lowest BCUT2D eigenvalue weighted by Crippen LogP contribution is -2.32. The molecule has 0 aliphatic carbocycles. The molecule has 0 aliphatic heterocycles. The van der Waals surface area contributed by atoms with Gasteiger partial charge in [-0.1, -0.05) is 64.0 Å². The molecule has 3 heteroatoms. The van der Waals surface area contributed by atoms with Gasteiger partial charge in [0.15, 0.2) is 0 Å². The van der Waals surface area contributed by atoms with Crippen molar-refractivity contribution in [2.24, 2.45) is 0 Å². The minimum absolute atomic E-state index is 0.845. The van der Waals surface area contributed by atoms with Crippen molar-refractivity contribution in [1.29, 1.82) is 0 Å². The predicted octanol–water partition coefficient (Wildman–Crippen LogP) is 4.00. The van der Waals surface area contributed by atoms with Gasteiger partial charge >= 0.3 is 0 Å². The minimum atomic E-state index is 0.845. The lowest BCUT2D eigenvalue weighted by molar-refractivity contribution is 0.400. The first-order valence-corrected chi connectivity index (χ1v) is 6.88. The third kappa shape index (κ3) is 7.86. The van der Waals surface area contributed by atoms with Crippen LogP contribution in [0.25, 0.3) is 0 Å². The maximum absolute atomic E-state index is 5.24. The highest BCUT2D eigenvalue weighted by Gasteiger charge is 2.05. The third-order valence-electron chi connectivity index (χ3n) is 2.48. The smallest absolute Gasteiger partial charge is 0.112 e. The Morgan fingerprint density at radius 2 is 1.47 bits per heavy atom. The minimum Gasteiger partial charge on any atom is -0.362 e. The van der Waals surface area contributed by atoms with Crippen LogP contribution in [0.2, 0.25) is 0 Å². The fourth-order valence-electron chi connectivity index (χ4n) is 1.51. The summed E-state index contributed by atoms with van der Waals surface area (Å²) in [4.78, 5) is 3.10. The third-order valence-corrected chi connectivity index (χ3v) is 3.22. The highest BCUT2D eigenvalue weighted by molar-refractivity contribution is 7.87. The molecule has 1 nitrogen and oxygen atoms in total. The van der Waals surface area contributed by atoms with E-state index in [0.29, 0.717) is 0 Å². The van der Waals surface area contributed by atoms with E-state index in [-0.39, 0.29) is 0 Å². The summed E-state index contributed by atoms with van der Waals surface area (Å²) >= 11 is 10.1. The van der Waals surface area contributed by atoms with E-state index in [9.17, 15) is 0 Å². The van der Waals surface area contributed by atoms with Crippen molar-refractivity contribution in [3.63, 3.8) is 0 Å². The average molecular weight is 245 g/mol. The van der Waals surface area contributed by atoms with Gasteiger partial charge in [-0.15, -0.1) is 0 Å². The Bertz CT molecular complexity index is 170. The quantitative estimate of drug-likeness (QED) is 0.446. The molecule has 0 saturated heterocycles. The van der Waals surface area contributed by atoms with Crippen LogP contribution in [0.15, 0.2) is 0 Å². The molecule has 0 aromatic heterocycles. The zero-order valence-electron chi connectivity index (χ0n) is 10.00. The molecular weight excluding hydrogens is 222 g/mol. The highest BCUT2D eigenvalue weighted by atomic mass is 32.1. The molecule has 0 saturated carbocycles. The summed E-state index contributed by atoms with van der Waals surface area (Å²) in [5.74, 6) is 0. The zero-order valence-corrected chi connectivity index (χ0v) is 11.6. The Hall–Kier alpha value is -0.0200. The summed E-state index contributed by atoms with van der Waals surface area (Å²) in [6, 6.07) is 0. The Labute approximate surface area is 105 Å². The molecule has 0 rings (SSSR count). The van der Waals surface area contributed by atoms with Crippen LogP contribution in [0, 0.1) is 0 Å². The van der Waals surface area contributed by atoms with E-state index in [4.69, 9.17) is 24.4 Å². The van der Waals surface area contributed by atoms with Gasteiger partial charge in [-0.2, -0.15) is 0 Å². The first-order chi connectivity index (χ1) is 7.26. The number of nitrogens with zero attached hydrogens (tertiary/aromatic N) is 1. The molecule has 0 bridgehead atoms. The average Bonchev–Trinajstić information content (AvgIpc) is 2.26. The lowest BCUT2D eigenvalue weighted by atomic mass is 10.2. The van der Waals surface area contributed by atoms with Crippen LogP contribution >= 0.6 is 24.4 Å². The van der Waals surface area contributed by atoms with Gasteiger partial charge in [-0.3, -0.25) is 0 Å². The van der Waals surface area contributed by atoms with E-state index in [1.165, 1.54) is 38.5 Å². The molecular formula is C12H23NS2. The summed E-state index contributed by atoms with van der Waals surface area (Å²) in [6.45, 7) is 6.59. The van der Waals surface area contributed by atoms with Crippen LogP contribution in [-0.4, -0.2) is 28.3 Å². The van der Waals surface area contributed by atoms with Crippen molar-refractivity contribution in [3.05, 3.63) is 0 Å². The second kappa shape index (κ2) is 10.5. The SMILES string of the molecule is CCCCCN(CCCCC)C(=S)C=S. The van der Waals surface area contributed by atoms with Gasteiger partial charge in [0, 0.05) is 18.5 Å². The van der Waals surface area contributed by atoms with E-state index in [0.717, 1.165) is 18.1 Å². The van der Waals surface area contributed by atoms with Crippen LogP contribution < -0.4 is 0 Å². The molecule has 0 N–H and O–H groups in total. The van der Waals surface area contributed by atoms with E-state index < -0.39 is 0 Å². The van der Waals surface area contributed by atoms with E-state index in [2.05, 4.69) is 18.7 Å². The maximum atomic E-state index is 5.24. The van der Waals surface area contributed by atoms with Gasteiger partial charge < -0.3 is 4.90 Å². The molecule has 0 aliphatic rings. The molecule has 0 spiro atoms. The summed E-state index contributed by atoms with van der Waals surface area (Å²) in [7, 11) is 0. The number of hydrogen-bond donors (Lipinski definition) is 0. The van der Waals surface area contributed by atoms with Crippen LogP contribution in [0.5, 0.6) is 0 Å². The first-order valence-electron chi connectivity index (χ1n) is 6.00.